The minimum atomic E-state index is -0.150. The molecule has 2 atom stereocenters. The molecule has 1 aromatic carbocycles. The summed E-state index contributed by atoms with van der Waals surface area (Å²) in [5, 5.41) is 3.69. The van der Waals surface area contributed by atoms with Gasteiger partial charge in [-0.3, -0.25) is 4.79 Å². The highest BCUT2D eigenvalue weighted by Crippen LogP contribution is 2.34. The lowest BCUT2D eigenvalue weighted by Gasteiger charge is -2.27. The molecule has 3 nitrogen and oxygen atoms in total. The second-order valence-electron chi connectivity index (χ2n) is 4.26. The molecule has 0 radical (unpaired) electrons. The molecule has 0 fully saturated rings. The number of carbonyl (C=O) groups is 1. The van der Waals surface area contributed by atoms with Crippen LogP contribution in [-0.2, 0) is 4.79 Å². The van der Waals surface area contributed by atoms with Gasteiger partial charge in [-0.1, -0.05) is 34.5 Å². The van der Waals surface area contributed by atoms with E-state index in [1.807, 2.05) is 19.1 Å². The van der Waals surface area contributed by atoms with Crippen LogP contribution < -0.4 is 10.1 Å². The molecule has 18 heavy (non-hydrogen) atoms. The van der Waals surface area contributed by atoms with E-state index >= 15 is 0 Å². The Morgan fingerprint density at radius 2 is 2.44 bits per heavy atom. The van der Waals surface area contributed by atoms with E-state index in [0.717, 1.165) is 24.2 Å². The third kappa shape index (κ3) is 2.98. The van der Waals surface area contributed by atoms with E-state index in [2.05, 4.69) is 21.2 Å². The molecular formula is C13H15BrClNO2. The van der Waals surface area contributed by atoms with E-state index in [1.165, 1.54) is 0 Å². The predicted molar refractivity (Wildman–Crippen MR) is 75.5 cm³/mol. The second kappa shape index (κ2) is 5.93. The van der Waals surface area contributed by atoms with E-state index in [0.29, 0.717) is 11.6 Å². The monoisotopic (exact) mass is 331 g/mol. The van der Waals surface area contributed by atoms with Crippen molar-refractivity contribution < 1.29 is 9.53 Å². The number of ether oxygens (including phenoxy) is 1. The number of amides is 1. The Labute approximate surface area is 120 Å². The fraction of sp³-hybridized carbons (Fsp3) is 0.462. The lowest BCUT2D eigenvalue weighted by atomic mass is 10.0. The summed E-state index contributed by atoms with van der Waals surface area (Å²) in [6, 6.07) is 5.48. The van der Waals surface area contributed by atoms with E-state index in [1.54, 1.807) is 6.07 Å². The highest BCUT2D eigenvalue weighted by Gasteiger charge is 2.25. The summed E-state index contributed by atoms with van der Waals surface area (Å²) in [5.41, 5.74) is 0.956. The van der Waals surface area contributed by atoms with Crippen molar-refractivity contribution in [1.29, 1.82) is 0 Å². The van der Waals surface area contributed by atoms with Gasteiger partial charge in [0.15, 0.2) is 0 Å². The standard InChI is InChI=1S/C13H15BrClNO2/c1-2-10(14)13(17)16-11-5-6-18-12-4-3-8(15)7-9(11)12/h3-4,7,10-11H,2,5-6H2,1H3,(H,16,17). The van der Waals surface area contributed by atoms with Crippen LogP contribution in [0.15, 0.2) is 18.2 Å². The van der Waals surface area contributed by atoms with Crippen molar-refractivity contribution in [2.75, 3.05) is 6.61 Å². The van der Waals surface area contributed by atoms with Gasteiger partial charge in [-0.2, -0.15) is 0 Å². The number of halogens is 2. The number of benzene rings is 1. The van der Waals surface area contributed by atoms with Gasteiger partial charge >= 0.3 is 0 Å². The van der Waals surface area contributed by atoms with Crippen LogP contribution in [0.2, 0.25) is 5.02 Å². The van der Waals surface area contributed by atoms with Crippen molar-refractivity contribution in [1.82, 2.24) is 5.32 Å². The van der Waals surface area contributed by atoms with Crippen LogP contribution in [-0.4, -0.2) is 17.3 Å². The summed E-state index contributed by atoms with van der Waals surface area (Å²) in [4.78, 5) is 11.8. The Morgan fingerprint density at radius 3 is 3.17 bits per heavy atom. The first kappa shape index (κ1) is 13.7. The molecule has 2 rings (SSSR count). The Kier molecular flexibility index (Phi) is 4.51. The third-order valence-corrected chi connectivity index (χ3v) is 4.27. The average Bonchev–Trinajstić information content (AvgIpc) is 2.38. The molecule has 1 aliphatic rings. The Balaban J connectivity index is 2.17. The molecule has 0 saturated heterocycles. The first-order chi connectivity index (χ1) is 8.61. The average molecular weight is 333 g/mol. The second-order valence-corrected chi connectivity index (χ2v) is 5.80. The Hall–Kier alpha value is -0.740. The molecule has 0 saturated carbocycles. The number of carbonyl (C=O) groups excluding carboxylic acids is 1. The predicted octanol–water partition coefficient (Wildman–Crippen LogP) is 3.45. The maximum atomic E-state index is 11.9. The van der Waals surface area contributed by atoms with Gasteiger partial charge in [0, 0.05) is 17.0 Å². The highest BCUT2D eigenvalue weighted by molar-refractivity contribution is 9.10. The molecule has 1 aromatic rings. The first-order valence-corrected chi connectivity index (χ1v) is 7.28. The molecule has 1 aliphatic heterocycles. The molecule has 1 amide bonds. The Bertz CT molecular complexity index is 453. The maximum absolute atomic E-state index is 11.9. The van der Waals surface area contributed by atoms with Crippen LogP contribution in [0.5, 0.6) is 5.75 Å². The summed E-state index contributed by atoms with van der Waals surface area (Å²) < 4.78 is 5.56. The summed E-state index contributed by atoms with van der Waals surface area (Å²) in [6.07, 6.45) is 1.53. The van der Waals surface area contributed by atoms with Gasteiger partial charge in [0.2, 0.25) is 5.91 Å². The smallest absolute Gasteiger partial charge is 0.234 e. The number of nitrogens with one attached hydrogen (secondary N) is 1. The van der Waals surface area contributed by atoms with Crippen LogP contribution in [0.3, 0.4) is 0 Å². The van der Waals surface area contributed by atoms with Gasteiger partial charge in [0.25, 0.3) is 0 Å². The first-order valence-electron chi connectivity index (χ1n) is 5.98. The van der Waals surface area contributed by atoms with E-state index in [9.17, 15) is 4.79 Å². The van der Waals surface area contributed by atoms with E-state index in [-0.39, 0.29) is 16.8 Å². The van der Waals surface area contributed by atoms with Crippen molar-refractivity contribution in [3.63, 3.8) is 0 Å². The molecule has 0 aromatic heterocycles. The van der Waals surface area contributed by atoms with E-state index in [4.69, 9.17) is 16.3 Å². The van der Waals surface area contributed by atoms with Crippen LogP contribution in [0.1, 0.15) is 31.4 Å². The van der Waals surface area contributed by atoms with Gasteiger partial charge in [-0.25, -0.2) is 0 Å². The number of alkyl halides is 1. The fourth-order valence-electron chi connectivity index (χ4n) is 1.96. The summed E-state index contributed by atoms with van der Waals surface area (Å²) in [7, 11) is 0. The minimum Gasteiger partial charge on any atom is -0.493 e. The number of rotatable bonds is 3. The van der Waals surface area contributed by atoms with E-state index < -0.39 is 0 Å². The number of hydrogen-bond acceptors (Lipinski definition) is 2. The van der Waals surface area contributed by atoms with Gasteiger partial charge < -0.3 is 10.1 Å². The quantitative estimate of drug-likeness (QED) is 0.861. The van der Waals surface area contributed by atoms with Crippen molar-refractivity contribution in [3.05, 3.63) is 28.8 Å². The molecule has 2 unspecified atom stereocenters. The lowest BCUT2D eigenvalue weighted by molar-refractivity contribution is -0.121. The SMILES string of the molecule is CCC(Br)C(=O)NC1CCOc2ccc(Cl)cc21. The minimum absolute atomic E-state index is 0.00956. The molecule has 5 heteroatoms. The van der Waals surface area contributed by atoms with Crippen molar-refractivity contribution in [2.45, 2.75) is 30.6 Å². The fourth-order valence-corrected chi connectivity index (χ4v) is 2.28. The molecule has 1 N–H and O–H groups in total. The zero-order valence-corrected chi connectivity index (χ0v) is 12.4. The summed E-state index contributed by atoms with van der Waals surface area (Å²) in [6.45, 7) is 2.58. The zero-order valence-electron chi connectivity index (χ0n) is 10.1. The van der Waals surface area contributed by atoms with Gasteiger partial charge in [0.1, 0.15) is 5.75 Å². The van der Waals surface area contributed by atoms with Crippen molar-refractivity contribution >= 4 is 33.4 Å². The van der Waals surface area contributed by atoms with Crippen molar-refractivity contribution in [2.24, 2.45) is 0 Å². The zero-order chi connectivity index (χ0) is 13.1. The van der Waals surface area contributed by atoms with Gasteiger partial charge in [-0.15, -0.1) is 0 Å². The van der Waals surface area contributed by atoms with Gasteiger partial charge in [-0.05, 0) is 24.6 Å². The van der Waals surface area contributed by atoms with Crippen LogP contribution in [0.4, 0.5) is 0 Å². The Morgan fingerprint density at radius 1 is 1.67 bits per heavy atom. The topological polar surface area (TPSA) is 38.3 Å². The summed E-state index contributed by atoms with van der Waals surface area (Å²) >= 11 is 9.34. The highest BCUT2D eigenvalue weighted by atomic mass is 79.9. The lowest BCUT2D eigenvalue weighted by Crippen LogP contribution is -2.36. The molecular weight excluding hydrogens is 318 g/mol. The van der Waals surface area contributed by atoms with Crippen LogP contribution in [0, 0.1) is 0 Å². The summed E-state index contributed by atoms with van der Waals surface area (Å²) in [5.74, 6) is 0.814. The number of hydrogen-bond donors (Lipinski definition) is 1. The van der Waals surface area contributed by atoms with Crippen molar-refractivity contribution in [3.8, 4) is 5.75 Å². The van der Waals surface area contributed by atoms with Crippen LogP contribution >= 0.6 is 27.5 Å². The third-order valence-electron chi connectivity index (χ3n) is 2.97. The molecule has 0 bridgehead atoms. The molecule has 0 aliphatic carbocycles. The molecule has 1 heterocycles. The van der Waals surface area contributed by atoms with Crippen LogP contribution in [0.25, 0.3) is 0 Å². The largest absolute Gasteiger partial charge is 0.493 e. The van der Waals surface area contributed by atoms with Gasteiger partial charge in [0.05, 0.1) is 17.5 Å². The molecule has 0 spiro atoms. The number of fused-ring (bicyclic) bond motifs is 1. The molecule has 98 valence electrons. The maximum Gasteiger partial charge on any atom is 0.234 e. The normalized spacial score (nSPS) is 19.6.